The van der Waals surface area contributed by atoms with Crippen LogP contribution in [0, 0.1) is 0 Å². The highest BCUT2D eigenvalue weighted by atomic mass is 32.1. The normalized spacial score (nSPS) is 17.9. The fraction of sp³-hybridized carbons (Fsp3) is 0.341. The van der Waals surface area contributed by atoms with E-state index >= 15 is 0 Å². The molecule has 3 aliphatic heterocycles. The standard InChI is InChI=1S/C44H45N3O8S/c48-32-7-5-30(6-8-32)42-41(37-15-9-33(49)27-39(37)56-42)54-35-12-10-34(11-13-35)53-25-2-1-19-45-20-3-21-46(24-23-45)22-18-29-4-14-36-31(26-29)28-47(43(36)51)38-16-17-40(50)55-44(38)52/h4-15,26-27,38,48-49H,1-3,16-25,28H2. The molecular formula is C44H45N3O8S. The Balaban J connectivity index is 0.760. The average molecular weight is 776 g/mol. The average Bonchev–Trinajstić information content (AvgIpc) is 3.60. The number of phenols is 2. The van der Waals surface area contributed by atoms with Gasteiger partial charge in [-0.3, -0.25) is 9.59 Å². The molecular weight excluding hydrogens is 731 g/mol. The van der Waals surface area contributed by atoms with Crippen molar-refractivity contribution in [3.05, 3.63) is 102 Å². The molecule has 2 fully saturated rings. The Morgan fingerprint density at radius 2 is 1.54 bits per heavy atom. The molecule has 8 rings (SSSR count). The summed E-state index contributed by atoms with van der Waals surface area (Å²) in [4.78, 5) is 44.3. The first-order chi connectivity index (χ1) is 27.3. The number of hydrogen-bond acceptors (Lipinski definition) is 11. The third kappa shape index (κ3) is 8.52. The molecule has 11 nitrogen and oxygen atoms in total. The van der Waals surface area contributed by atoms with Crippen LogP contribution in [-0.4, -0.2) is 94.7 Å². The minimum Gasteiger partial charge on any atom is -0.508 e. The van der Waals surface area contributed by atoms with Crippen molar-refractivity contribution in [2.75, 3.05) is 45.9 Å². The molecule has 0 radical (unpaired) electrons. The van der Waals surface area contributed by atoms with Gasteiger partial charge in [0.25, 0.3) is 5.91 Å². The number of aromatic hydroxyl groups is 2. The largest absolute Gasteiger partial charge is 0.508 e. The van der Waals surface area contributed by atoms with Crippen LogP contribution < -0.4 is 9.47 Å². The highest BCUT2D eigenvalue weighted by Gasteiger charge is 2.40. The first-order valence-corrected chi connectivity index (χ1v) is 20.2. The lowest BCUT2D eigenvalue weighted by Crippen LogP contribution is -2.45. The van der Waals surface area contributed by atoms with Gasteiger partial charge in [-0.15, -0.1) is 11.3 Å². The van der Waals surface area contributed by atoms with Gasteiger partial charge in [-0.25, -0.2) is 4.79 Å². The molecule has 290 valence electrons. The number of rotatable bonds is 13. The van der Waals surface area contributed by atoms with E-state index in [1.807, 2.05) is 54.6 Å². The molecule has 3 aliphatic rings. The Kier molecular flexibility index (Phi) is 11.2. The molecule has 2 saturated heterocycles. The van der Waals surface area contributed by atoms with Gasteiger partial charge in [0.15, 0.2) is 5.75 Å². The fourth-order valence-electron chi connectivity index (χ4n) is 7.76. The molecule has 56 heavy (non-hydrogen) atoms. The summed E-state index contributed by atoms with van der Waals surface area (Å²) in [5.41, 5.74) is 3.66. The maximum absolute atomic E-state index is 13.0. The van der Waals surface area contributed by atoms with Gasteiger partial charge in [0.1, 0.15) is 29.0 Å². The van der Waals surface area contributed by atoms with Crippen LogP contribution in [0.15, 0.2) is 84.9 Å². The van der Waals surface area contributed by atoms with Gasteiger partial charge in [0.05, 0.1) is 11.5 Å². The van der Waals surface area contributed by atoms with Crippen LogP contribution in [0.5, 0.6) is 28.7 Å². The van der Waals surface area contributed by atoms with Crippen LogP contribution in [0.3, 0.4) is 0 Å². The summed E-state index contributed by atoms with van der Waals surface area (Å²) in [6, 6.07) is 25.2. The Labute approximate surface area is 329 Å². The Morgan fingerprint density at radius 1 is 0.786 bits per heavy atom. The van der Waals surface area contributed by atoms with Crippen molar-refractivity contribution < 1.29 is 38.8 Å². The second kappa shape index (κ2) is 16.7. The number of nitrogens with zero attached hydrogens (tertiary/aromatic N) is 3. The number of carbonyl (C=O) groups excluding carboxylic acids is 3. The molecule has 1 atom stereocenters. The number of benzene rings is 4. The van der Waals surface area contributed by atoms with Gasteiger partial charge in [-0.2, -0.15) is 0 Å². The number of amides is 1. The monoisotopic (exact) mass is 775 g/mol. The smallest absolute Gasteiger partial charge is 0.336 e. The number of cyclic esters (lactones) is 2. The summed E-state index contributed by atoms with van der Waals surface area (Å²) in [5.74, 6) is 1.25. The molecule has 0 aliphatic carbocycles. The minimum absolute atomic E-state index is 0.145. The zero-order chi connectivity index (χ0) is 38.6. The quantitative estimate of drug-likeness (QED) is 0.0711. The summed E-state index contributed by atoms with van der Waals surface area (Å²) in [5, 5.41) is 20.8. The van der Waals surface area contributed by atoms with Crippen LogP contribution in [0.1, 0.15) is 53.6 Å². The summed E-state index contributed by atoms with van der Waals surface area (Å²) in [6.45, 7) is 7.19. The van der Waals surface area contributed by atoms with Crippen molar-refractivity contribution in [1.82, 2.24) is 14.7 Å². The summed E-state index contributed by atoms with van der Waals surface area (Å²) < 4.78 is 18.2. The lowest BCUT2D eigenvalue weighted by Gasteiger charge is -2.28. The third-order valence-electron chi connectivity index (χ3n) is 10.8. The maximum atomic E-state index is 13.0. The van der Waals surface area contributed by atoms with Crippen LogP contribution in [-0.2, 0) is 27.3 Å². The molecule has 4 aromatic carbocycles. The number of carbonyl (C=O) groups is 3. The third-order valence-corrected chi connectivity index (χ3v) is 12.0. The lowest BCUT2D eigenvalue weighted by molar-refractivity contribution is -0.167. The van der Waals surface area contributed by atoms with E-state index in [-0.39, 0.29) is 23.8 Å². The first-order valence-electron chi connectivity index (χ1n) is 19.3. The zero-order valence-corrected chi connectivity index (χ0v) is 32.0. The van der Waals surface area contributed by atoms with E-state index in [0.29, 0.717) is 36.6 Å². The summed E-state index contributed by atoms with van der Waals surface area (Å²) >= 11 is 1.53. The van der Waals surface area contributed by atoms with Crippen molar-refractivity contribution in [3.63, 3.8) is 0 Å². The molecule has 0 saturated carbocycles. The van der Waals surface area contributed by atoms with E-state index in [1.54, 1.807) is 29.2 Å². The van der Waals surface area contributed by atoms with Crippen LogP contribution in [0.25, 0.3) is 20.5 Å². The van der Waals surface area contributed by atoms with Gasteiger partial charge in [-0.1, -0.05) is 12.1 Å². The molecule has 12 heteroatoms. The summed E-state index contributed by atoms with van der Waals surface area (Å²) in [7, 11) is 0. The van der Waals surface area contributed by atoms with Crippen molar-refractivity contribution >= 4 is 39.3 Å². The van der Waals surface area contributed by atoms with Crippen LogP contribution in [0.4, 0.5) is 0 Å². The molecule has 1 aromatic heterocycles. The van der Waals surface area contributed by atoms with Crippen molar-refractivity contribution in [1.29, 1.82) is 0 Å². The van der Waals surface area contributed by atoms with Gasteiger partial charge < -0.3 is 39.1 Å². The Bertz CT molecular complexity index is 2220. The van der Waals surface area contributed by atoms with Gasteiger partial charge in [-0.05, 0) is 141 Å². The second-order valence-corrected chi connectivity index (χ2v) is 15.7. The van der Waals surface area contributed by atoms with Crippen LogP contribution >= 0.6 is 11.3 Å². The number of phenolic OH excluding ortho intramolecular Hbond substituents is 2. The SMILES string of the molecule is O=C1CCC(N2Cc3cc(CCN4CCCN(CCCCOc5ccc(Oc6c(-c7ccc(O)cc7)sc7cc(O)ccc67)cc5)CC4)ccc3C2=O)C(=O)O1. The molecule has 0 spiro atoms. The molecule has 2 N–H and O–H groups in total. The topological polar surface area (TPSA) is 129 Å². The number of ether oxygens (including phenoxy) is 3. The predicted octanol–water partition coefficient (Wildman–Crippen LogP) is 7.37. The Morgan fingerprint density at radius 3 is 2.32 bits per heavy atom. The minimum atomic E-state index is -0.700. The maximum Gasteiger partial charge on any atom is 0.336 e. The van der Waals surface area contributed by atoms with Crippen LogP contribution in [0.2, 0.25) is 0 Å². The molecule has 0 bridgehead atoms. The van der Waals surface area contributed by atoms with Gasteiger partial charge in [0.2, 0.25) is 0 Å². The first kappa shape index (κ1) is 37.5. The molecule has 1 unspecified atom stereocenters. The van der Waals surface area contributed by atoms with E-state index in [2.05, 4.69) is 15.9 Å². The number of unbranched alkanes of at least 4 members (excludes halogenated alkanes) is 1. The number of fused-ring (bicyclic) bond motifs is 2. The predicted molar refractivity (Wildman–Crippen MR) is 213 cm³/mol. The zero-order valence-electron chi connectivity index (χ0n) is 31.2. The molecule has 5 aromatic rings. The fourth-order valence-corrected chi connectivity index (χ4v) is 8.93. The number of hydrogen-bond donors (Lipinski definition) is 2. The van der Waals surface area contributed by atoms with Crippen molar-refractivity contribution in [2.24, 2.45) is 0 Å². The van der Waals surface area contributed by atoms with Crippen molar-refractivity contribution in [3.8, 4) is 39.2 Å². The van der Waals surface area contributed by atoms with E-state index in [1.165, 1.54) is 16.9 Å². The Hall–Kier alpha value is -5.43. The number of esters is 2. The highest BCUT2D eigenvalue weighted by Crippen LogP contribution is 2.47. The van der Waals surface area contributed by atoms with Crippen molar-refractivity contribution in [2.45, 2.75) is 51.1 Å². The van der Waals surface area contributed by atoms with E-state index in [9.17, 15) is 24.6 Å². The molecule has 4 heterocycles. The summed E-state index contributed by atoms with van der Waals surface area (Å²) in [6.07, 6.45) is 4.49. The lowest BCUT2D eigenvalue weighted by atomic mass is 10.0. The number of thiophene rings is 1. The van der Waals surface area contributed by atoms with Gasteiger partial charge in [0, 0.05) is 48.2 Å². The van der Waals surface area contributed by atoms with E-state index < -0.39 is 18.0 Å². The highest BCUT2D eigenvalue weighted by molar-refractivity contribution is 7.22. The van der Waals surface area contributed by atoms with E-state index in [4.69, 9.17) is 14.2 Å². The molecule has 1 amide bonds. The second-order valence-electron chi connectivity index (χ2n) is 14.7. The van der Waals surface area contributed by atoms with E-state index in [0.717, 1.165) is 96.8 Å². The van der Waals surface area contributed by atoms with Gasteiger partial charge >= 0.3 is 11.9 Å².